The Labute approximate surface area is 95.9 Å². The molecule has 0 saturated heterocycles. The lowest BCUT2D eigenvalue weighted by Gasteiger charge is -2.05. The Balaban J connectivity index is 2.53. The number of nitrogens with zero attached hydrogens (tertiary/aromatic N) is 1. The third kappa shape index (κ3) is 1.96. The molecule has 0 bridgehead atoms. The molecular formula is C11H9FN2O3. The quantitative estimate of drug-likeness (QED) is 0.853. The number of aromatic amines is 1. The van der Waals surface area contributed by atoms with Gasteiger partial charge in [0.1, 0.15) is 5.56 Å². The van der Waals surface area contributed by atoms with E-state index >= 15 is 0 Å². The topological polar surface area (TPSA) is 75.2 Å². The molecule has 6 heteroatoms. The molecule has 88 valence electrons. The summed E-state index contributed by atoms with van der Waals surface area (Å²) in [4.78, 5) is 10.9. The highest BCUT2D eigenvalue weighted by molar-refractivity contribution is 5.94. The zero-order valence-corrected chi connectivity index (χ0v) is 8.90. The van der Waals surface area contributed by atoms with Crippen LogP contribution in [-0.4, -0.2) is 28.4 Å². The molecule has 2 aromatic rings. The summed E-state index contributed by atoms with van der Waals surface area (Å²) in [6.45, 7) is 0. The van der Waals surface area contributed by atoms with Gasteiger partial charge in [0, 0.05) is 5.56 Å². The van der Waals surface area contributed by atoms with E-state index in [1.165, 1.54) is 31.5 Å². The van der Waals surface area contributed by atoms with Gasteiger partial charge in [0.25, 0.3) is 0 Å². The number of aromatic carboxylic acids is 1. The van der Waals surface area contributed by atoms with Crippen molar-refractivity contribution in [2.75, 3.05) is 7.11 Å². The zero-order chi connectivity index (χ0) is 12.4. The van der Waals surface area contributed by atoms with E-state index in [0.717, 1.165) is 0 Å². The Morgan fingerprint density at radius 3 is 2.94 bits per heavy atom. The first-order valence-electron chi connectivity index (χ1n) is 4.74. The molecule has 1 aromatic heterocycles. The minimum absolute atomic E-state index is 0.0265. The van der Waals surface area contributed by atoms with E-state index in [4.69, 9.17) is 9.84 Å². The maximum absolute atomic E-state index is 13.2. The highest BCUT2D eigenvalue weighted by Gasteiger charge is 2.15. The molecule has 0 aliphatic carbocycles. The molecule has 5 nitrogen and oxygen atoms in total. The van der Waals surface area contributed by atoms with E-state index in [-0.39, 0.29) is 11.3 Å². The number of ether oxygens (including phenoxy) is 1. The maximum Gasteiger partial charge on any atom is 0.339 e. The fourth-order valence-electron chi connectivity index (χ4n) is 1.48. The van der Waals surface area contributed by atoms with Crippen molar-refractivity contribution in [1.82, 2.24) is 10.2 Å². The average Bonchev–Trinajstić information content (AvgIpc) is 2.78. The molecule has 0 spiro atoms. The summed E-state index contributed by atoms with van der Waals surface area (Å²) in [5, 5.41) is 15.2. The molecule has 2 N–H and O–H groups in total. The second-order valence-corrected chi connectivity index (χ2v) is 3.31. The van der Waals surface area contributed by atoms with Gasteiger partial charge in [-0.2, -0.15) is 5.10 Å². The van der Waals surface area contributed by atoms with Gasteiger partial charge in [-0.1, -0.05) is 0 Å². The lowest BCUT2D eigenvalue weighted by molar-refractivity contribution is 0.0698. The lowest BCUT2D eigenvalue weighted by Crippen LogP contribution is -1.97. The zero-order valence-electron chi connectivity index (χ0n) is 8.90. The third-order valence-corrected chi connectivity index (χ3v) is 2.31. The molecule has 1 heterocycles. The minimum atomic E-state index is -1.10. The summed E-state index contributed by atoms with van der Waals surface area (Å²) in [5.41, 5.74) is 0.840. The van der Waals surface area contributed by atoms with Gasteiger partial charge in [0.2, 0.25) is 0 Å². The highest BCUT2D eigenvalue weighted by Crippen LogP contribution is 2.27. The number of H-pyrrole nitrogens is 1. The van der Waals surface area contributed by atoms with Crippen molar-refractivity contribution >= 4 is 5.97 Å². The largest absolute Gasteiger partial charge is 0.494 e. The van der Waals surface area contributed by atoms with Gasteiger partial charge < -0.3 is 9.84 Å². The van der Waals surface area contributed by atoms with E-state index in [1.807, 2.05) is 0 Å². The smallest absolute Gasteiger partial charge is 0.339 e. The number of hydrogen-bond acceptors (Lipinski definition) is 3. The molecule has 1 aromatic carbocycles. The van der Waals surface area contributed by atoms with Crippen LogP contribution in [0.3, 0.4) is 0 Å². The number of carboxylic acids is 1. The van der Waals surface area contributed by atoms with Crippen molar-refractivity contribution in [1.29, 1.82) is 0 Å². The predicted octanol–water partition coefficient (Wildman–Crippen LogP) is 1.92. The fraction of sp³-hybridized carbons (Fsp3) is 0.0909. The first kappa shape index (κ1) is 11.1. The second-order valence-electron chi connectivity index (χ2n) is 3.31. The predicted molar refractivity (Wildman–Crippen MR) is 57.5 cm³/mol. The van der Waals surface area contributed by atoms with Crippen LogP contribution in [0.2, 0.25) is 0 Å². The van der Waals surface area contributed by atoms with Crippen molar-refractivity contribution in [3.63, 3.8) is 0 Å². The van der Waals surface area contributed by atoms with Crippen LogP contribution in [0.4, 0.5) is 4.39 Å². The van der Waals surface area contributed by atoms with Crippen LogP contribution in [0.1, 0.15) is 10.4 Å². The molecule has 0 fully saturated rings. The monoisotopic (exact) mass is 236 g/mol. The van der Waals surface area contributed by atoms with Gasteiger partial charge in [-0.15, -0.1) is 0 Å². The van der Waals surface area contributed by atoms with E-state index in [1.54, 1.807) is 0 Å². The van der Waals surface area contributed by atoms with Crippen LogP contribution >= 0.6 is 0 Å². The van der Waals surface area contributed by atoms with Crippen molar-refractivity contribution in [3.05, 3.63) is 35.8 Å². The van der Waals surface area contributed by atoms with Gasteiger partial charge >= 0.3 is 5.97 Å². The van der Waals surface area contributed by atoms with Crippen molar-refractivity contribution in [2.24, 2.45) is 0 Å². The molecule has 0 atom stereocenters. The van der Waals surface area contributed by atoms with E-state index < -0.39 is 11.8 Å². The fourth-order valence-corrected chi connectivity index (χ4v) is 1.48. The number of carboxylic acid groups (broad SMARTS) is 1. The van der Waals surface area contributed by atoms with E-state index in [2.05, 4.69) is 10.2 Å². The van der Waals surface area contributed by atoms with Crippen molar-refractivity contribution in [3.8, 4) is 17.0 Å². The van der Waals surface area contributed by atoms with E-state index in [0.29, 0.717) is 11.3 Å². The Morgan fingerprint density at radius 2 is 2.29 bits per heavy atom. The number of methoxy groups -OCH3 is 1. The number of carbonyl (C=O) groups is 1. The number of halogens is 1. The molecule has 0 saturated carbocycles. The summed E-state index contributed by atoms with van der Waals surface area (Å²) in [7, 11) is 1.34. The van der Waals surface area contributed by atoms with Gasteiger partial charge in [-0.3, -0.25) is 5.10 Å². The average molecular weight is 236 g/mol. The molecule has 17 heavy (non-hydrogen) atoms. The Morgan fingerprint density at radius 1 is 1.53 bits per heavy atom. The van der Waals surface area contributed by atoms with E-state index in [9.17, 15) is 9.18 Å². The number of hydrogen-bond donors (Lipinski definition) is 2. The third-order valence-electron chi connectivity index (χ3n) is 2.31. The summed E-state index contributed by atoms with van der Waals surface area (Å²) >= 11 is 0. The molecular weight excluding hydrogens is 227 g/mol. The van der Waals surface area contributed by atoms with Gasteiger partial charge in [0.15, 0.2) is 11.6 Å². The van der Waals surface area contributed by atoms with Crippen LogP contribution in [-0.2, 0) is 0 Å². The molecule has 0 unspecified atom stereocenters. The van der Waals surface area contributed by atoms with Crippen LogP contribution in [0.25, 0.3) is 11.3 Å². The molecule has 0 aliphatic rings. The standard InChI is InChI=1S/C11H9FN2O3/c1-17-9-4-6(2-3-8(9)12)10-7(11(15)16)5-13-14-10/h2-5H,1H3,(H,13,14)(H,15,16). The van der Waals surface area contributed by atoms with Crippen molar-refractivity contribution in [2.45, 2.75) is 0 Å². The van der Waals surface area contributed by atoms with Crippen LogP contribution in [0, 0.1) is 5.82 Å². The normalized spacial score (nSPS) is 10.2. The first-order chi connectivity index (χ1) is 8.13. The van der Waals surface area contributed by atoms with Gasteiger partial charge in [0.05, 0.1) is 19.0 Å². The summed E-state index contributed by atoms with van der Waals surface area (Å²) < 4.78 is 18.0. The van der Waals surface area contributed by atoms with Crippen LogP contribution in [0.15, 0.2) is 24.4 Å². The summed E-state index contributed by atoms with van der Waals surface area (Å²) in [6, 6.07) is 4.08. The van der Waals surface area contributed by atoms with Crippen molar-refractivity contribution < 1.29 is 19.0 Å². The first-order valence-corrected chi connectivity index (χ1v) is 4.74. The number of aromatic nitrogens is 2. The Bertz CT molecular complexity index is 566. The minimum Gasteiger partial charge on any atom is -0.494 e. The molecule has 2 rings (SSSR count). The maximum atomic E-state index is 13.2. The number of benzene rings is 1. The Hall–Kier alpha value is -2.37. The second kappa shape index (κ2) is 4.25. The number of rotatable bonds is 3. The lowest BCUT2D eigenvalue weighted by atomic mass is 10.1. The highest BCUT2D eigenvalue weighted by atomic mass is 19.1. The van der Waals surface area contributed by atoms with Gasteiger partial charge in [-0.25, -0.2) is 9.18 Å². The van der Waals surface area contributed by atoms with Crippen LogP contribution in [0.5, 0.6) is 5.75 Å². The number of nitrogens with one attached hydrogen (secondary N) is 1. The summed E-state index contributed by atoms with van der Waals surface area (Å²) in [5.74, 6) is -1.56. The van der Waals surface area contributed by atoms with Gasteiger partial charge in [-0.05, 0) is 18.2 Å². The molecule has 0 radical (unpaired) electrons. The molecule has 0 amide bonds. The SMILES string of the molecule is COc1cc(-c2[nH]ncc2C(=O)O)ccc1F. The Kier molecular flexibility index (Phi) is 2.78. The molecule has 0 aliphatic heterocycles. The van der Waals surface area contributed by atoms with Crippen LogP contribution < -0.4 is 4.74 Å². The summed E-state index contributed by atoms with van der Waals surface area (Å²) in [6.07, 6.45) is 1.20.